The van der Waals surface area contributed by atoms with E-state index in [0.29, 0.717) is 16.0 Å². The van der Waals surface area contributed by atoms with Gasteiger partial charge < -0.3 is 9.47 Å². The summed E-state index contributed by atoms with van der Waals surface area (Å²) in [6.07, 6.45) is 0. The molecule has 0 saturated carbocycles. The van der Waals surface area contributed by atoms with Gasteiger partial charge in [0.1, 0.15) is 19.8 Å². The van der Waals surface area contributed by atoms with Crippen molar-refractivity contribution < 1.29 is 38.5 Å². The maximum atomic E-state index is 12.8. The molecule has 0 aliphatic carbocycles. The van der Waals surface area contributed by atoms with Crippen molar-refractivity contribution in [1.82, 2.24) is 4.90 Å². The van der Waals surface area contributed by atoms with Crippen LogP contribution < -0.4 is 0 Å². The molecule has 0 bridgehead atoms. The van der Waals surface area contributed by atoms with Crippen LogP contribution in [0.3, 0.4) is 0 Å². The molecule has 0 unspecified atom stereocenters. The number of non-ortho nitro benzene ring substituents is 2. The van der Waals surface area contributed by atoms with Gasteiger partial charge in [-0.05, 0) is 29.3 Å². The van der Waals surface area contributed by atoms with Crippen molar-refractivity contribution in [3.05, 3.63) is 115 Å². The van der Waals surface area contributed by atoms with Crippen molar-refractivity contribution in [1.29, 1.82) is 0 Å². The fraction of sp³-hybridized carbons (Fsp3) is 0.120. The van der Waals surface area contributed by atoms with Crippen molar-refractivity contribution in [2.45, 2.75) is 13.2 Å². The molecule has 13 heteroatoms. The van der Waals surface area contributed by atoms with Crippen LogP contribution in [-0.4, -0.2) is 45.0 Å². The standard InChI is InChI=1S/C25H17N3O10/c29-22(37-13-15-3-1-5-18(9-15)27(33)34)12-26-23(30)20-8-7-17(11-21(20)24(26)31)25(32)38-14-16-4-2-6-19(10-16)28(35)36/h1-11H,12-14H2. The minimum Gasteiger partial charge on any atom is -0.459 e. The molecule has 0 N–H and O–H groups in total. The molecule has 0 atom stereocenters. The van der Waals surface area contributed by atoms with Crippen molar-refractivity contribution in [3.8, 4) is 0 Å². The lowest BCUT2D eigenvalue weighted by Gasteiger charge is -2.13. The van der Waals surface area contributed by atoms with E-state index in [2.05, 4.69) is 0 Å². The Kier molecular flexibility index (Phi) is 7.19. The second kappa shape index (κ2) is 10.7. The Hall–Kier alpha value is -5.46. The number of nitro benzene ring substituents is 2. The first-order chi connectivity index (χ1) is 18.1. The summed E-state index contributed by atoms with van der Waals surface area (Å²) < 4.78 is 10.2. The van der Waals surface area contributed by atoms with Crippen molar-refractivity contribution in [2.24, 2.45) is 0 Å². The fourth-order valence-electron chi connectivity index (χ4n) is 3.65. The van der Waals surface area contributed by atoms with Gasteiger partial charge in [0.2, 0.25) is 0 Å². The highest BCUT2D eigenvalue weighted by atomic mass is 16.6. The number of nitrogens with zero attached hydrogens (tertiary/aromatic N) is 3. The molecule has 2 amide bonds. The molecule has 38 heavy (non-hydrogen) atoms. The third-order valence-electron chi connectivity index (χ3n) is 5.51. The number of carbonyl (C=O) groups excluding carboxylic acids is 4. The Morgan fingerprint density at radius 3 is 1.87 bits per heavy atom. The zero-order chi connectivity index (χ0) is 27.4. The summed E-state index contributed by atoms with van der Waals surface area (Å²) in [5.41, 5.74) is 0.230. The van der Waals surface area contributed by atoms with E-state index >= 15 is 0 Å². The van der Waals surface area contributed by atoms with Crippen LogP contribution >= 0.6 is 0 Å². The Labute approximate surface area is 213 Å². The number of amides is 2. The second-order valence-electron chi connectivity index (χ2n) is 8.05. The van der Waals surface area contributed by atoms with E-state index in [-0.39, 0.29) is 41.3 Å². The van der Waals surface area contributed by atoms with Gasteiger partial charge in [0.05, 0.1) is 26.5 Å². The summed E-state index contributed by atoms with van der Waals surface area (Å²) in [7, 11) is 0. The number of rotatable bonds is 9. The fourth-order valence-corrected chi connectivity index (χ4v) is 3.65. The summed E-state index contributed by atoms with van der Waals surface area (Å²) in [5.74, 6) is -3.31. The van der Waals surface area contributed by atoms with Gasteiger partial charge in [-0.2, -0.15) is 0 Å². The van der Waals surface area contributed by atoms with Crippen molar-refractivity contribution in [2.75, 3.05) is 6.54 Å². The van der Waals surface area contributed by atoms with Gasteiger partial charge in [0, 0.05) is 24.3 Å². The summed E-state index contributed by atoms with van der Waals surface area (Å²) in [6, 6.07) is 14.7. The molecule has 0 aromatic heterocycles. The molecule has 0 fully saturated rings. The lowest BCUT2D eigenvalue weighted by Crippen LogP contribution is -2.35. The Morgan fingerprint density at radius 1 is 0.737 bits per heavy atom. The normalized spacial score (nSPS) is 12.2. The van der Waals surface area contributed by atoms with Crippen LogP contribution in [0.4, 0.5) is 11.4 Å². The monoisotopic (exact) mass is 519 g/mol. The Bertz CT molecular complexity index is 1500. The van der Waals surface area contributed by atoms with Gasteiger partial charge in [0.15, 0.2) is 0 Å². The topological polar surface area (TPSA) is 176 Å². The van der Waals surface area contributed by atoms with Gasteiger partial charge in [-0.1, -0.05) is 24.3 Å². The summed E-state index contributed by atoms with van der Waals surface area (Å²) in [5, 5.41) is 21.8. The van der Waals surface area contributed by atoms with Crippen LogP contribution in [0.5, 0.6) is 0 Å². The van der Waals surface area contributed by atoms with Crippen LogP contribution in [-0.2, 0) is 27.5 Å². The van der Waals surface area contributed by atoms with E-state index in [1.165, 1.54) is 60.7 Å². The number of fused-ring (bicyclic) bond motifs is 1. The summed E-state index contributed by atoms with van der Waals surface area (Å²) in [6.45, 7) is -1.26. The molecule has 1 aliphatic rings. The van der Waals surface area contributed by atoms with E-state index in [4.69, 9.17) is 9.47 Å². The minimum atomic E-state index is -0.914. The quantitative estimate of drug-likeness (QED) is 0.176. The molecular weight excluding hydrogens is 502 g/mol. The number of esters is 2. The number of ether oxygens (including phenoxy) is 2. The molecule has 4 rings (SSSR count). The molecule has 192 valence electrons. The van der Waals surface area contributed by atoms with Crippen molar-refractivity contribution >= 4 is 35.1 Å². The molecule has 13 nitrogen and oxygen atoms in total. The summed E-state index contributed by atoms with van der Waals surface area (Å²) in [4.78, 5) is 71.5. The van der Waals surface area contributed by atoms with Crippen LogP contribution in [0.25, 0.3) is 0 Å². The summed E-state index contributed by atoms with van der Waals surface area (Å²) >= 11 is 0. The van der Waals surface area contributed by atoms with E-state index in [9.17, 15) is 39.4 Å². The second-order valence-corrected chi connectivity index (χ2v) is 8.05. The number of imide groups is 1. The highest BCUT2D eigenvalue weighted by Gasteiger charge is 2.37. The zero-order valence-corrected chi connectivity index (χ0v) is 19.4. The average Bonchev–Trinajstić information content (AvgIpc) is 3.15. The molecule has 1 heterocycles. The predicted molar refractivity (Wildman–Crippen MR) is 127 cm³/mol. The molecule has 0 radical (unpaired) electrons. The number of nitro groups is 2. The highest BCUT2D eigenvalue weighted by Crippen LogP contribution is 2.25. The first-order valence-electron chi connectivity index (χ1n) is 10.9. The van der Waals surface area contributed by atoms with Crippen LogP contribution in [0, 0.1) is 20.2 Å². The molecule has 3 aromatic rings. The van der Waals surface area contributed by atoms with Gasteiger partial charge >= 0.3 is 11.9 Å². The van der Waals surface area contributed by atoms with Crippen LogP contribution in [0.2, 0.25) is 0 Å². The first-order valence-corrected chi connectivity index (χ1v) is 10.9. The number of benzene rings is 3. The largest absolute Gasteiger partial charge is 0.459 e. The Balaban J connectivity index is 1.38. The third-order valence-corrected chi connectivity index (χ3v) is 5.51. The maximum Gasteiger partial charge on any atom is 0.338 e. The molecule has 3 aromatic carbocycles. The predicted octanol–water partition coefficient (Wildman–Crippen LogP) is 3.20. The molecule has 0 spiro atoms. The molecular formula is C25H17N3O10. The van der Waals surface area contributed by atoms with E-state index < -0.39 is 40.1 Å². The third kappa shape index (κ3) is 5.51. The lowest BCUT2D eigenvalue weighted by molar-refractivity contribution is -0.385. The van der Waals surface area contributed by atoms with Crippen LogP contribution in [0.15, 0.2) is 66.7 Å². The smallest absolute Gasteiger partial charge is 0.338 e. The molecule has 0 saturated heterocycles. The van der Waals surface area contributed by atoms with Crippen LogP contribution in [0.1, 0.15) is 42.2 Å². The van der Waals surface area contributed by atoms with Gasteiger partial charge in [-0.15, -0.1) is 0 Å². The van der Waals surface area contributed by atoms with Crippen molar-refractivity contribution in [3.63, 3.8) is 0 Å². The number of hydrogen-bond acceptors (Lipinski definition) is 10. The zero-order valence-electron chi connectivity index (χ0n) is 19.4. The van der Waals surface area contributed by atoms with Gasteiger partial charge in [-0.3, -0.25) is 39.5 Å². The van der Waals surface area contributed by atoms with E-state index in [1.807, 2.05) is 0 Å². The van der Waals surface area contributed by atoms with E-state index in [1.54, 1.807) is 6.07 Å². The average molecular weight is 519 g/mol. The number of carbonyl (C=O) groups is 4. The van der Waals surface area contributed by atoms with E-state index in [0.717, 1.165) is 0 Å². The van der Waals surface area contributed by atoms with Gasteiger partial charge in [0.25, 0.3) is 23.2 Å². The maximum absolute atomic E-state index is 12.8. The lowest BCUT2D eigenvalue weighted by atomic mass is 10.1. The molecule has 1 aliphatic heterocycles. The first kappa shape index (κ1) is 25.6. The highest BCUT2D eigenvalue weighted by molar-refractivity contribution is 6.22. The minimum absolute atomic E-state index is 0.0169. The Morgan fingerprint density at radius 2 is 1.29 bits per heavy atom. The van der Waals surface area contributed by atoms with Gasteiger partial charge in [-0.25, -0.2) is 4.79 Å². The number of hydrogen-bond donors (Lipinski definition) is 0. The SMILES string of the molecule is O=C(CN1C(=O)c2ccc(C(=O)OCc3cccc([N+](=O)[O-])c3)cc2C1=O)OCc1cccc([N+](=O)[O-])c1.